The highest BCUT2D eigenvalue weighted by Crippen LogP contribution is 1.97. The smallest absolute Gasteiger partial charge is 0.332 e. The van der Waals surface area contributed by atoms with Crippen LogP contribution in [0, 0.1) is 0 Å². The van der Waals surface area contributed by atoms with Crippen LogP contribution in [0.3, 0.4) is 0 Å². The Kier molecular flexibility index (Phi) is 15.5. The summed E-state index contributed by atoms with van der Waals surface area (Å²) in [7, 11) is 0. The van der Waals surface area contributed by atoms with E-state index in [-0.39, 0.29) is 33.0 Å². The van der Waals surface area contributed by atoms with Gasteiger partial charge >= 0.3 is 11.9 Å². The summed E-state index contributed by atoms with van der Waals surface area (Å²) in [4.78, 5) is 21.6. The minimum Gasteiger partial charge on any atom is -0.480 e. The normalized spacial score (nSPS) is 11.1. The summed E-state index contributed by atoms with van der Waals surface area (Å²) in [6, 6.07) is 0. The van der Waals surface area contributed by atoms with Crippen molar-refractivity contribution in [2.75, 3.05) is 59.5 Å². The van der Waals surface area contributed by atoms with Crippen LogP contribution in [-0.2, 0) is 33.3 Å². The second-order valence-corrected chi connectivity index (χ2v) is 4.57. The van der Waals surface area contributed by atoms with Gasteiger partial charge in [0.05, 0.1) is 39.6 Å². The molecule has 0 aliphatic rings. The summed E-state index contributed by atoms with van der Waals surface area (Å²) in [5, 5.41) is 8.34. The van der Waals surface area contributed by atoms with Crippen molar-refractivity contribution in [2.45, 2.75) is 0 Å². The molecule has 0 fully saturated rings. The number of carbonyl (C=O) groups is 2. The van der Waals surface area contributed by atoms with Crippen molar-refractivity contribution in [1.29, 1.82) is 0 Å². The Morgan fingerprint density at radius 3 is 1.80 bits per heavy atom. The topological polar surface area (TPSA) is 101 Å². The molecule has 0 spiro atoms. The SMILES string of the molecule is C=C/C=C(\C=C)COC(=O)COCCOCCOCCOCC(=O)O. The molecule has 0 radical (unpaired) electrons. The lowest BCUT2D eigenvalue weighted by molar-refractivity contribution is -0.148. The van der Waals surface area contributed by atoms with Gasteiger partial charge in [-0.25, -0.2) is 9.59 Å². The van der Waals surface area contributed by atoms with Gasteiger partial charge in [0.1, 0.15) is 19.8 Å². The quantitative estimate of drug-likeness (QED) is 0.233. The van der Waals surface area contributed by atoms with Gasteiger partial charge in [0.15, 0.2) is 0 Å². The zero-order valence-electron chi connectivity index (χ0n) is 14.3. The third-order valence-electron chi connectivity index (χ3n) is 2.56. The summed E-state index contributed by atoms with van der Waals surface area (Å²) in [6.45, 7) is 8.60. The Morgan fingerprint density at radius 2 is 1.32 bits per heavy atom. The number of esters is 1. The summed E-state index contributed by atoms with van der Waals surface area (Å²) < 4.78 is 25.3. The fraction of sp³-hybridized carbons (Fsp3) is 0.529. The zero-order valence-corrected chi connectivity index (χ0v) is 14.3. The Bertz CT molecular complexity index is 430. The number of allylic oxidation sites excluding steroid dienone is 2. The minimum atomic E-state index is -1.01. The van der Waals surface area contributed by atoms with E-state index in [0.717, 1.165) is 5.57 Å². The van der Waals surface area contributed by atoms with E-state index in [1.807, 2.05) is 0 Å². The first-order valence-corrected chi connectivity index (χ1v) is 7.72. The van der Waals surface area contributed by atoms with Crippen LogP contribution >= 0.6 is 0 Å². The molecule has 0 saturated carbocycles. The van der Waals surface area contributed by atoms with Crippen LogP contribution in [0.1, 0.15) is 0 Å². The molecule has 0 saturated heterocycles. The first kappa shape index (κ1) is 23.0. The molecule has 0 rings (SSSR count). The van der Waals surface area contributed by atoms with Crippen molar-refractivity contribution >= 4 is 11.9 Å². The second kappa shape index (κ2) is 16.8. The van der Waals surface area contributed by atoms with E-state index in [1.165, 1.54) is 0 Å². The number of carboxylic acids is 1. The zero-order chi connectivity index (χ0) is 18.8. The summed E-state index contributed by atoms with van der Waals surface area (Å²) in [5.41, 5.74) is 0.750. The van der Waals surface area contributed by atoms with Crippen LogP contribution in [0.5, 0.6) is 0 Å². The molecule has 0 heterocycles. The van der Waals surface area contributed by atoms with Gasteiger partial charge in [0.2, 0.25) is 0 Å². The number of ether oxygens (including phenoxy) is 5. The lowest BCUT2D eigenvalue weighted by Gasteiger charge is -2.07. The molecule has 0 aliphatic carbocycles. The van der Waals surface area contributed by atoms with Crippen molar-refractivity contribution in [3.63, 3.8) is 0 Å². The molecule has 0 unspecified atom stereocenters. The summed E-state index contributed by atoms with van der Waals surface area (Å²) in [6.07, 6.45) is 4.88. The van der Waals surface area contributed by atoms with E-state index in [9.17, 15) is 9.59 Å². The second-order valence-electron chi connectivity index (χ2n) is 4.57. The molecule has 1 N–H and O–H groups in total. The molecule has 25 heavy (non-hydrogen) atoms. The average molecular weight is 358 g/mol. The molecule has 0 aromatic heterocycles. The predicted molar refractivity (Wildman–Crippen MR) is 90.3 cm³/mol. The van der Waals surface area contributed by atoms with Gasteiger partial charge in [-0.1, -0.05) is 31.4 Å². The van der Waals surface area contributed by atoms with Gasteiger partial charge in [-0.2, -0.15) is 0 Å². The van der Waals surface area contributed by atoms with Crippen LogP contribution < -0.4 is 0 Å². The van der Waals surface area contributed by atoms with Crippen molar-refractivity contribution < 1.29 is 38.4 Å². The average Bonchev–Trinajstić information content (AvgIpc) is 2.59. The fourth-order valence-corrected chi connectivity index (χ4v) is 1.40. The molecule has 8 nitrogen and oxygen atoms in total. The molecule has 8 heteroatoms. The molecule has 0 amide bonds. The van der Waals surface area contributed by atoms with Crippen molar-refractivity contribution in [2.24, 2.45) is 0 Å². The lowest BCUT2D eigenvalue weighted by atomic mass is 10.2. The van der Waals surface area contributed by atoms with Gasteiger partial charge in [-0.05, 0) is 5.57 Å². The standard InChI is InChI=1S/C17H26O8/c1-3-5-15(4-2)12-25-17(20)14-24-11-9-22-7-6-21-8-10-23-13-16(18)19/h3-5H,1-2,6-14H2,(H,18,19)/b15-5+. The van der Waals surface area contributed by atoms with Gasteiger partial charge in [0.25, 0.3) is 0 Å². The van der Waals surface area contributed by atoms with Gasteiger partial charge < -0.3 is 28.8 Å². The maximum Gasteiger partial charge on any atom is 0.332 e. The number of carboxylic acid groups (broad SMARTS) is 1. The van der Waals surface area contributed by atoms with E-state index in [2.05, 4.69) is 13.2 Å². The van der Waals surface area contributed by atoms with E-state index in [1.54, 1.807) is 18.2 Å². The van der Waals surface area contributed by atoms with Gasteiger partial charge in [-0.3, -0.25) is 0 Å². The highest BCUT2D eigenvalue weighted by Gasteiger charge is 2.03. The van der Waals surface area contributed by atoms with E-state index in [4.69, 9.17) is 28.8 Å². The highest BCUT2D eigenvalue weighted by molar-refractivity contribution is 5.70. The molecule has 0 bridgehead atoms. The Hall–Kier alpha value is -2.00. The van der Waals surface area contributed by atoms with E-state index < -0.39 is 11.9 Å². The monoisotopic (exact) mass is 358 g/mol. The van der Waals surface area contributed by atoms with Crippen LogP contribution in [-0.4, -0.2) is 76.5 Å². The number of aliphatic carboxylic acids is 1. The predicted octanol–water partition coefficient (Wildman–Crippen LogP) is 0.979. The minimum absolute atomic E-state index is 0.127. The Morgan fingerprint density at radius 1 is 0.800 bits per heavy atom. The number of carbonyl (C=O) groups excluding carboxylic acids is 1. The highest BCUT2D eigenvalue weighted by atomic mass is 16.6. The van der Waals surface area contributed by atoms with Crippen LogP contribution in [0.25, 0.3) is 0 Å². The molecule has 0 aromatic carbocycles. The third-order valence-corrected chi connectivity index (χ3v) is 2.56. The molecule has 0 atom stereocenters. The Labute approximate surface area is 147 Å². The van der Waals surface area contributed by atoms with Crippen molar-refractivity contribution in [3.05, 3.63) is 37.0 Å². The maximum absolute atomic E-state index is 11.4. The van der Waals surface area contributed by atoms with Crippen LogP contribution in [0.4, 0.5) is 0 Å². The molecule has 142 valence electrons. The third kappa shape index (κ3) is 16.6. The summed E-state index contributed by atoms with van der Waals surface area (Å²) in [5.74, 6) is -1.48. The van der Waals surface area contributed by atoms with Crippen molar-refractivity contribution in [1.82, 2.24) is 0 Å². The molecule has 0 aliphatic heterocycles. The van der Waals surface area contributed by atoms with Gasteiger partial charge in [0, 0.05) is 0 Å². The van der Waals surface area contributed by atoms with Crippen molar-refractivity contribution in [3.8, 4) is 0 Å². The first-order valence-electron chi connectivity index (χ1n) is 7.72. The summed E-state index contributed by atoms with van der Waals surface area (Å²) >= 11 is 0. The molecular formula is C17H26O8. The fourth-order valence-electron chi connectivity index (χ4n) is 1.40. The van der Waals surface area contributed by atoms with Gasteiger partial charge in [-0.15, -0.1) is 0 Å². The number of hydrogen-bond donors (Lipinski definition) is 1. The largest absolute Gasteiger partial charge is 0.480 e. The molecular weight excluding hydrogens is 332 g/mol. The lowest BCUT2D eigenvalue weighted by Crippen LogP contribution is -2.17. The number of rotatable bonds is 17. The molecule has 0 aromatic rings. The maximum atomic E-state index is 11.4. The Balaban J connectivity index is 3.36. The first-order chi connectivity index (χ1) is 12.1. The van der Waals surface area contributed by atoms with E-state index in [0.29, 0.717) is 26.4 Å². The van der Waals surface area contributed by atoms with E-state index >= 15 is 0 Å². The van der Waals surface area contributed by atoms with Crippen LogP contribution in [0.15, 0.2) is 37.0 Å². The van der Waals surface area contributed by atoms with Crippen LogP contribution in [0.2, 0.25) is 0 Å². The number of hydrogen-bond acceptors (Lipinski definition) is 7.